The average molecular weight is 319 g/mol. The van der Waals surface area contributed by atoms with Gasteiger partial charge in [-0.1, -0.05) is 6.07 Å². The van der Waals surface area contributed by atoms with Gasteiger partial charge in [0.2, 0.25) is 0 Å². The minimum atomic E-state index is 0.429. The quantitative estimate of drug-likeness (QED) is 0.494. The fourth-order valence-corrected chi connectivity index (χ4v) is 2.79. The van der Waals surface area contributed by atoms with E-state index in [1.807, 2.05) is 30.5 Å². The van der Waals surface area contributed by atoms with Gasteiger partial charge in [0.05, 0.1) is 11.7 Å². The Morgan fingerprint density at radius 3 is 2.65 bits per heavy atom. The maximum atomic E-state index is 5.74. The second-order valence-electron chi connectivity index (χ2n) is 5.21. The van der Waals surface area contributed by atoms with Gasteiger partial charge >= 0.3 is 0 Å². The van der Waals surface area contributed by atoms with Gasteiger partial charge in [-0.25, -0.2) is 4.98 Å². The molecule has 4 rings (SSSR count). The van der Waals surface area contributed by atoms with Crippen molar-refractivity contribution in [3.63, 3.8) is 0 Å². The number of H-pyrrole nitrogens is 1. The third-order valence-corrected chi connectivity index (χ3v) is 4.14. The zero-order chi connectivity index (χ0) is 15.8. The summed E-state index contributed by atoms with van der Waals surface area (Å²) in [6.07, 6.45) is 7.24. The Labute approximate surface area is 138 Å². The SMILES string of the molecule is Nc1ncc(-c2ccc3nccc(-c4cn[nH]c4)c3c2)cc1S. The highest BCUT2D eigenvalue weighted by Crippen LogP contribution is 2.31. The lowest BCUT2D eigenvalue weighted by Crippen LogP contribution is -1.92. The van der Waals surface area contributed by atoms with Crippen LogP contribution in [-0.4, -0.2) is 20.2 Å². The van der Waals surface area contributed by atoms with Crippen molar-refractivity contribution in [3.05, 3.63) is 55.1 Å². The van der Waals surface area contributed by atoms with Crippen molar-refractivity contribution >= 4 is 29.3 Å². The van der Waals surface area contributed by atoms with Gasteiger partial charge in [0.15, 0.2) is 0 Å². The molecule has 0 aliphatic heterocycles. The summed E-state index contributed by atoms with van der Waals surface area (Å²) >= 11 is 4.35. The van der Waals surface area contributed by atoms with Crippen LogP contribution in [0, 0.1) is 0 Å². The van der Waals surface area contributed by atoms with E-state index < -0.39 is 0 Å². The molecule has 0 saturated carbocycles. The molecule has 4 aromatic rings. The minimum Gasteiger partial charge on any atom is -0.383 e. The maximum Gasteiger partial charge on any atom is 0.136 e. The summed E-state index contributed by atoms with van der Waals surface area (Å²) in [5, 5.41) is 7.94. The molecule has 0 unspecified atom stereocenters. The Morgan fingerprint density at radius 2 is 1.87 bits per heavy atom. The smallest absolute Gasteiger partial charge is 0.136 e. The van der Waals surface area contributed by atoms with Crippen LogP contribution in [0.1, 0.15) is 0 Å². The lowest BCUT2D eigenvalue weighted by Gasteiger charge is -2.08. The number of aromatic nitrogens is 4. The number of nitrogens with zero attached hydrogens (tertiary/aromatic N) is 3. The number of thiol groups is 1. The number of pyridine rings is 2. The number of aromatic amines is 1. The van der Waals surface area contributed by atoms with E-state index in [9.17, 15) is 0 Å². The molecule has 112 valence electrons. The van der Waals surface area contributed by atoms with Gasteiger partial charge in [-0.05, 0) is 35.4 Å². The Kier molecular flexibility index (Phi) is 3.24. The van der Waals surface area contributed by atoms with Crippen molar-refractivity contribution in [2.24, 2.45) is 0 Å². The van der Waals surface area contributed by atoms with Gasteiger partial charge in [0.25, 0.3) is 0 Å². The van der Waals surface area contributed by atoms with Crippen LogP contribution in [0.4, 0.5) is 5.82 Å². The summed E-state index contributed by atoms with van der Waals surface area (Å²) in [4.78, 5) is 9.29. The molecule has 0 atom stereocenters. The van der Waals surface area contributed by atoms with Crippen molar-refractivity contribution in [2.45, 2.75) is 4.90 Å². The molecule has 0 saturated heterocycles. The molecule has 0 spiro atoms. The highest BCUT2D eigenvalue weighted by Gasteiger charge is 2.08. The van der Waals surface area contributed by atoms with Gasteiger partial charge in [0.1, 0.15) is 5.82 Å². The molecule has 0 bridgehead atoms. The van der Waals surface area contributed by atoms with E-state index in [0.29, 0.717) is 10.7 Å². The van der Waals surface area contributed by atoms with Gasteiger partial charge in [0, 0.05) is 40.0 Å². The molecule has 3 aromatic heterocycles. The van der Waals surface area contributed by atoms with E-state index in [1.54, 1.807) is 18.6 Å². The Bertz CT molecular complexity index is 995. The first-order chi connectivity index (χ1) is 11.2. The first kappa shape index (κ1) is 13.8. The van der Waals surface area contributed by atoms with Crippen LogP contribution in [-0.2, 0) is 0 Å². The van der Waals surface area contributed by atoms with Crippen molar-refractivity contribution < 1.29 is 0 Å². The Hall–Kier alpha value is -2.86. The summed E-state index contributed by atoms with van der Waals surface area (Å²) in [6, 6.07) is 10.0. The summed E-state index contributed by atoms with van der Waals surface area (Å²) in [7, 11) is 0. The molecule has 1 aromatic carbocycles. The first-order valence-corrected chi connectivity index (χ1v) is 7.50. The standard InChI is InChI=1S/C17H13N5S/c18-17-16(23)6-11(7-20-17)10-1-2-15-14(5-10)13(3-4-19-15)12-8-21-22-9-12/h1-9,23H,(H2,18,20)(H,21,22). The number of fused-ring (bicyclic) bond motifs is 1. The van der Waals surface area contributed by atoms with E-state index in [1.165, 1.54) is 0 Å². The minimum absolute atomic E-state index is 0.429. The Balaban J connectivity index is 1.93. The molecule has 3 heterocycles. The first-order valence-electron chi connectivity index (χ1n) is 7.05. The van der Waals surface area contributed by atoms with Crippen molar-refractivity contribution in [3.8, 4) is 22.3 Å². The third-order valence-electron chi connectivity index (χ3n) is 3.78. The van der Waals surface area contributed by atoms with Gasteiger partial charge < -0.3 is 5.73 Å². The lowest BCUT2D eigenvalue weighted by atomic mass is 9.99. The summed E-state index contributed by atoms with van der Waals surface area (Å²) in [5.41, 5.74) is 10.8. The molecular weight excluding hydrogens is 306 g/mol. The molecule has 23 heavy (non-hydrogen) atoms. The van der Waals surface area contributed by atoms with E-state index in [4.69, 9.17) is 5.73 Å². The van der Waals surface area contributed by atoms with E-state index >= 15 is 0 Å². The van der Waals surface area contributed by atoms with Crippen LogP contribution in [0.3, 0.4) is 0 Å². The number of hydrogen-bond acceptors (Lipinski definition) is 5. The highest BCUT2D eigenvalue weighted by molar-refractivity contribution is 7.80. The monoisotopic (exact) mass is 319 g/mol. The fraction of sp³-hybridized carbons (Fsp3) is 0. The van der Waals surface area contributed by atoms with Crippen molar-refractivity contribution in [2.75, 3.05) is 5.73 Å². The molecule has 0 fully saturated rings. The lowest BCUT2D eigenvalue weighted by molar-refractivity contribution is 1.09. The molecule has 6 heteroatoms. The molecule has 3 N–H and O–H groups in total. The maximum absolute atomic E-state index is 5.74. The zero-order valence-electron chi connectivity index (χ0n) is 12.1. The van der Waals surface area contributed by atoms with Gasteiger partial charge in [-0.2, -0.15) is 5.10 Å². The van der Waals surface area contributed by atoms with Crippen LogP contribution in [0.15, 0.2) is 60.0 Å². The largest absolute Gasteiger partial charge is 0.383 e. The van der Waals surface area contributed by atoms with Crippen LogP contribution < -0.4 is 5.73 Å². The predicted octanol–water partition coefficient (Wildman–Crippen LogP) is 3.56. The molecular formula is C17H13N5S. The number of nitrogens with one attached hydrogen (secondary N) is 1. The van der Waals surface area contributed by atoms with E-state index in [0.717, 1.165) is 33.2 Å². The molecule has 5 nitrogen and oxygen atoms in total. The number of nitrogens with two attached hydrogens (primary N) is 1. The second kappa shape index (κ2) is 5.40. The molecule has 0 radical (unpaired) electrons. The number of hydrogen-bond donors (Lipinski definition) is 3. The summed E-state index contributed by atoms with van der Waals surface area (Å²) in [6.45, 7) is 0. The highest BCUT2D eigenvalue weighted by atomic mass is 32.1. The van der Waals surface area contributed by atoms with Gasteiger partial charge in [-0.3, -0.25) is 10.1 Å². The topological polar surface area (TPSA) is 80.5 Å². The average Bonchev–Trinajstić information content (AvgIpc) is 3.10. The van der Waals surface area contributed by atoms with Crippen LogP contribution in [0.2, 0.25) is 0 Å². The number of anilines is 1. The molecule has 0 aliphatic carbocycles. The number of nitrogen functional groups attached to an aromatic ring is 1. The summed E-state index contributed by atoms with van der Waals surface area (Å²) in [5.74, 6) is 0.429. The predicted molar refractivity (Wildman–Crippen MR) is 94.2 cm³/mol. The normalized spacial score (nSPS) is 11.0. The van der Waals surface area contributed by atoms with Crippen LogP contribution >= 0.6 is 12.6 Å². The van der Waals surface area contributed by atoms with Gasteiger partial charge in [-0.15, -0.1) is 12.6 Å². The summed E-state index contributed by atoms with van der Waals surface area (Å²) < 4.78 is 0. The number of benzene rings is 1. The van der Waals surface area contributed by atoms with Crippen molar-refractivity contribution in [1.29, 1.82) is 0 Å². The number of rotatable bonds is 2. The van der Waals surface area contributed by atoms with Crippen molar-refractivity contribution in [1.82, 2.24) is 20.2 Å². The molecule has 0 aliphatic rings. The fourth-order valence-electron chi connectivity index (χ4n) is 2.60. The van der Waals surface area contributed by atoms with E-state index in [2.05, 4.69) is 38.9 Å². The van der Waals surface area contributed by atoms with E-state index in [-0.39, 0.29) is 0 Å². The zero-order valence-corrected chi connectivity index (χ0v) is 13.0. The van der Waals surface area contributed by atoms with Crippen LogP contribution in [0.5, 0.6) is 0 Å². The molecule has 0 amide bonds. The Morgan fingerprint density at radius 1 is 0.957 bits per heavy atom. The second-order valence-corrected chi connectivity index (χ2v) is 5.69. The van der Waals surface area contributed by atoms with Crippen LogP contribution in [0.25, 0.3) is 33.2 Å². The third kappa shape index (κ3) is 2.43.